The number of rotatable bonds is 5. The first-order valence-electron chi connectivity index (χ1n) is 6.56. The van der Waals surface area contributed by atoms with Crippen LogP contribution in [-0.2, 0) is 0 Å². The van der Waals surface area contributed by atoms with E-state index in [2.05, 4.69) is 0 Å². The molecule has 19 heavy (non-hydrogen) atoms. The third-order valence-corrected chi connectivity index (χ3v) is 3.74. The summed E-state index contributed by atoms with van der Waals surface area (Å²) in [6.07, 6.45) is 4.70. The standard InChI is InChI=1S/C14H20ClNO3/c1-18-13-7-9(12(16)8-17)6-11(15)14(13)19-10-4-2-3-5-10/h6-7,10,12,17H,2-5,8,16H2,1H3. The van der Waals surface area contributed by atoms with E-state index < -0.39 is 6.04 Å². The smallest absolute Gasteiger partial charge is 0.180 e. The molecule has 0 amide bonds. The van der Waals surface area contributed by atoms with Crippen LogP contribution in [0.15, 0.2) is 12.1 Å². The summed E-state index contributed by atoms with van der Waals surface area (Å²) >= 11 is 6.25. The Hall–Kier alpha value is -0.970. The summed E-state index contributed by atoms with van der Waals surface area (Å²) in [7, 11) is 1.57. The monoisotopic (exact) mass is 285 g/mol. The van der Waals surface area contributed by atoms with Crippen LogP contribution in [0, 0.1) is 0 Å². The first-order valence-corrected chi connectivity index (χ1v) is 6.94. The van der Waals surface area contributed by atoms with Gasteiger partial charge in [0.15, 0.2) is 11.5 Å². The minimum Gasteiger partial charge on any atom is -0.493 e. The maximum Gasteiger partial charge on any atom is 0.180 e. The molecule has 0 saturated heterocycles. The molecular weight excluding hydrogens is 266 g/mol. The first-order chi connectivity index (χ1) is 9.15. The van der Waals surface area contributed by atoms with Crippen LogP contribution in [-0.4, -0.2) is 24.9 Å². The Morgan fingerprint density at radius 1 is 1.42 bits per heavy atom. The van der Waals surface area contributed by atoms with Crippen molar-refractivity contribution in [3.05, 3.63) is 22.7 Å². The Labute approximate surface area is 118 Å². The average Bonchev–Trinajstić information content (AvgIpc) is 2.92. The predicted octanol–water partition coefficient (Wildman–Crippen LogP) is 2.66. The van der Waals surface area contributed by atoms with E-state index in [0.29, 0.717) is 16.5 Å². The molecule has 1 atom stereocenters. The van der Waals surface area contributed by atoms with Gasteiger partial charge in [-0.25, -0.2) is 0 Å². The molecule has 0 radical (unpaired) electrons. The molecule has 1 saturated carbocycles. The van der Waals surface area contributed by atoms with E-state index in [1.165, 1.54) is 12.8 Å². The highest BCUT2D eigenvalue weighted by molar-refractivity contribution is 6.32. The van der Waals surface area contributed by atoms with Crippen molar-refractivity contribution in [1.29, 1.82) is 0 Å². The highest BCUT2D eigenvalue weighted by atomic mass is 35.5. The maximum absolute atomic E-state index is 9.10. The lowest BCUT2D eigenvalue weighted by molar-refractivity contribution is 0.200. The lowest BCUT2D eigenvalue weighted by atomic mass is 10.1. The van der Waals surface area contributed by atoms with E-state index in [9.17, 15) is 0 Å². The van der Waals surface area contributed by atoms with Gasteiger partial charge in [-0.15, -0.1) is 0 Å². The number of benzene rings is 1. The summed E-state index contributed by atoms with van der Waals surface area (Å²) in [5.41, 5.74) is 6.53. The Kier molecular flexibility index (Phi) is 4.91. The van der Waals surface area contributed by atoms with Gasteiger partial charge in [-0.05, 0) is 43.4 Å². The molecular formula is C14H20ClNO3. The number of halogens is 1. The van der Waals surface area contributed by atoms with Crippen LogP contribution in [0.5, 0.6) is 11.5 Å². The molecule has 106 valence electrons. The van der Waals surface area contributed by atoms with E-state index in [1.807, 2.05) is 0 Å². The molecule has 1 aromatic carbocycles. The Bertz CT molecular complexity index is 433. The Balaban J connectivity index is 2.26. The largest absolute Gasteiger partial charge is 0.493 e. The topological polar surface area (TPSA) is 64.7 Å². The van der Waals surface area contributed by atoms with Crippen molar-refractivity contribution in [3.8, 4) is 11.5 Å². The van der Waals surface area contributed by atoms with Gasteiger partial charge in [-0.2, -0.15) is 0 Å². The highest BCUT2D eigenvalue weighted by Gasteiger charge is 2.21. The van der Waals surface area contributed by atoms with Gasteiger partial charge >= 0.3 is 0 Å². The molecule has 0 heterocycles. The lowest BCUT2D eigenvalue weighted by Crippen LogP contribution is -2.16. The molecule has 1 aliphatic rings. The van der Waals surface area contributed by atoms with Gasteiger partial charge in [-0.3, -0.25) is 0 Å². The number of hydrogen-bond acceptors (Lipinski definition) is 4. The normalized spacial score (nSPS) is 17.5. The van der Waals surface area contributed by atoms with Crippen molar-refractivity contribution in [1.82, 2.24) is 0 Å². The van der Waals surface area contributed by atoms with Crippen molar-refractivity contribution in [2.75, 3.05) is 13.7 Å². The molecule has 1 fully saturated rings. The van der Waals surface area contributed by atoms with Gasteiger partial charge in [0, 0.05) is 0 Å². The first kappa shape index (κ1) is 14.4. The molecule has 0 aromatic heterocycles. The number of aliphatic hydroxyl groups is 1. The summed E-state index contributed by atoms with van der Waals surface area (Å²) in [5.74, 6) is 1.14. The van der Waals surface area contributed by atoms with Crippen LogP contribution in [0.4, 0.5) is 0 Å². The quantitative estimate of drug-likeness (QED) is 0.873. The molecule has 5 heteroatoms. The molecule has 0 bridgehead atoms. The molecule has 1 aromatic rings. The van der Waals surface area contributed by atoms with Crippen LogP contribution in [0.2, 0.25) is 5.02 Å². The van der Waals surface area contributed by atoms with E-state index in [1.54, 1.807) is 19.2 Å². The van der Waals surface area contributed by atoms with Gasteiger partial charge in [-0.1, -0.05) is 11.6 Å². The van der Waals surface area contributed by atoms with Crippen LogP contribution >= 0.6 is 11.6 Å². The number of nitrogens with two attached hydrogens (primary N) is 1. The number of ether oxygens (including phenoxy) is 2. The zero-order valence-electron chi connectivity index (χ0n) is 11.1. The van der Waals surface area contributed by atoms with Gasteiger partial charge in [0.2, 0.25) is 0 Å². The van der Waals surface area contributed by atoms with Crippen LogP contribution in [0.25, 0.3) is 0 Å². The second-order valence-corrected chi connectivity index (χ2v) is 5.25. The zero-order valence-corrected chi connectivity index (χ0v) is 11.8. The van der Waals surface area contributed by atoms with Gasteiger partial charge in [0.05, 0.1) is 30.9 Å². The van der Waals surface area contributed by atoms with Crippen molar-refractivity contribution in [2.24, 2.45) is 5.73 Å². The van der Waals surface area contributed by atoms with Crippen molar-refractivity contribution >= 4 is 11.6 Å². The molecule has 3 N–H and O–H groups in total. The van der Waals surface area contributed by atoms with Crippen molar-refractivity contribution < 1.29 is 14.6 Å². The summed E-state index contributed by atoms with van der Waals surface area (Å²) in [5, 5.41) is 9.58. The molecule has 1 unspecified atom stereocenters. The van der Waals surface area contributed by atoms with E-state index in [0.717, 1.165) is 18.4 Å². The van der Waals surface area contributed by atoms with E-state index in [4.69, 9.17) is 31.9 Å². The van der Waals surface area contributed by atoms with Crippen molar-refractivity contribution in [3.63, 3.8) is 0 Å². The number of methoxy groups -OCH3 is 1. The Morgan fingerprint density at radius 2 is 2.11 bits per heavy atom. The minimum absolute atomic E-state index is 0.137. The SMILES string of the molecule is COc1cc(C(N)CO)cc(Cl)c1OC1CCCC1. The fourth-order valence-electron chi connectivity index (χ4n) is 2.35. The molecule has 0 spiro atoms. The van der Waals surface area contributed by atoms with Crippen LogP contribution in [0.1, 0.15) is 37.3 Å². The molecule has 1 aliphatic carbocycles. The third-order valence-electron chi connectivity index (χ3n) is 3.46. The molecule has 0 aliphatic heterocycles. The third kappa shape index (κ3) is 3.32. The zero-order chi connectivity index (χ0) is 13.8. The lowest BCUT2D eigenvalue weighted by Gasteiger charge is -2.19. The fourth-order valence-corrected chi connectivity index (χ4v) is 2.61. The second-order valence-electron chi connectivity index (χ2n) is 4.85. The number of aliphatic hydroxyl groups excluding tert-OH is 1. The van der Waals surface area contributed by atoms with Crippen LogP contribution < -0.4 is 15.2 Å². The predicted molar refractivity (Wildman–Crippen MR) is 74.9 cm³/mol. The Morgan fingerprint density at radius 3 is 2.68 bits per heavy atom. The number of hydrogen-bond donors (Lipinski definition) is 2. The van der Waals surface area contributed by atoms with Crippen LogP contribution in [0.3, 0.4) is 0 Å². The summed E-state index contributed by atoms with van der Waals surface area (Å²) in [6, 6.07) is 3.04. The summed E-state index contributed by atoms with van der Waals surface area (Å²) < 4.78 is 11.3. The fraction of sp³-hybridized carbons (Fsp3) is 0.571. The maximum atomic E-state index is 9.10. The van der Waals surface area contributed by atoms with E-state index in [-0.39, 0.29) is 12.7 Å². The molecule has 4 nitrogen and oxygen atoms in total. The summed E-state index contributed by atoms with van der Waals surface area (Å²) in [6.45, 7) is -0.137. The molecule has 2 rings (SSSR count). The second kappa shape index (κ2) is 6.46. The average molecular weight is 286 g/mol. The van der Waals surface area contributed by atoms with Crippen molar-refractivity contribution in [2.45, 2.75) is 37.8 Å². The van der Waals surface area contributed by atoms with Gasteiger partial charge < -0.3 is 20.3 Å². The van der Waals surface area contributed by atoms with Gasteiger partial charge in [0.1, 0.15) is 0 Å². The summed E-state index contributed by atoms with van der Waals surface area (Å²) in [4.78, 5) is 0. The van der Waals surface area contributed by atoms with Gasteiger partial charge in [0.25, 0.3) is 0 Å². The highest BCUT2D eigenvalue weighted by Crippen LogP contribution is 2.39. The minimum atomic E-state index is -0.466. The van der Waals surface area contributed by atoms with E-state index >= 15 is 0 Å².